The molecule has 1 saturated carbocycles. The maximum absolute atomic E-state index is 13.1. The van der Waals surface area contributed by atoms with Crippen molar-refractivity contribution in [3.05, 3.63) is 72.4 Å². The third-order valence-electron chi connectivity index (χ3n) is 5.88. The van der Waals surface area contributed by atoms with Gasteiger partial charge in [0.1, 0.15) is 5.54 Å². The van der Waals surface area contributed by atoms with Gasteiger partial charge in [0.15, 0.2) is 0 Å². The molecule has 6 nitrogen and oxygen atoms in total. The first-order valence-corrected chi connectivity index (χ1v) is 9.90. The highest BCUT2D eigenvalue weighted by Gasteiger charge is 2.56. The van der Waals surface area contributed by atoms with E-state index < -0.39 is 5.54 Å². The molecule has 3 aromatic rings. The predicted molar refractivity (Wildman–Crippen MR) is 109 cm³/mol. The van der Waals surface area contributed by atoms with Crippen LogP contribution in [0.25, 0.3) is 16.9 Å². The maximum Gasteiger partial charge on any atom is 0.325 e. The van der Waals surface area contributed by atoms with E-state index in [2.05, 4.69) is 5.32 Å². The van der Waals surface area contributed by atoms with Crippen molar-refractivity contribution in [2.75, 3.05) is 0 Å². The molecule has 0 radical (unpaired) electrons. The van der Waals surface area contributed by atoms with Crippen molar-refractivity contribution in [3.63, 3.8) is 0 Å². The van der Waals surface area contributed by atoms with E-state index in [9.17, 15) is 9.59 Å². The Morgan fingerprint density at radius 3 is 2.34 bits per heavy atom. The molecule has 1 N–H and O–H groups in total. The molecule has 0 bridgehead atoms. The first-order valence-electron chi connectivity index (χ1n) is 9.90. The van der Waals surface area contributed by atoms with Gasteiger partial charge in [-0.3, -0.25) is 9.69 Å². The molecule has 2 aromatic carbocycles. The molecule has 1 aliphatic carbocycles. The highest BCUT2D eigenvalue weighted by molar-refractivity contribution is 6.07. The Morgan fingerprint density at radius 2 is 1.69 bits per heavy atom. The Bertz CT molecular complexity index is 1070. The van der Waals surface area contributed by atoms with E-state index in [0.717, 1.165) is 35.3 Å². The van der Waals surface area contributed by atoms with Crippen molar-refractivity contribution in [1.82, 2.24) is 20.0 Å². The van der Waals surface area contributed by atoms with Crippen LogP contribution in [0.5, 0.6) is 0 Å². The van der Waals surface area contributed by atoms with Crippen LogP contribution in [0.15, 0.2) is 66.9 Å². The summed E-state index contributed by atoms with van der Waals surface area (Å²) in [4.78, 5) is 27.0. The topological polar surface area (TPSA) is 67.2 Å². The van der Waals surface area contributed by atoms with Crippen LogP contribution in [-0.2, 0) is 11.3 Å². The number of aromatic nitrogens is 2. The van der Waals surface area contributed by atoms with Gasteiger partial charge in [-0.05, 0) is 37.8 Å². The summed E-state index contributed by atoms with van der Waals surface area (Å²) in [5, 5.41) is 7.69. The molecule has 0 unspecified atom stereocenters. The van der Waals surface area contributed by atoms with E-state index in [4.69, 9.17) is 5.10 Å². The summed E-state index contributed by atoms with van der Waals surface area (Å²) in [6.45, 7) is 2.04. The van der Waals surface area contributed by atoms with Gasteiger partial charge in [-0.2, -0.15) is 5.10 Å². The van der Waals surface area contributed by atoms with Gasteiger partial charge < -0.3 is 5.32 Å². The standard InChI is InChI=1S/C23H22N4O2/c1-23(18-12-13-18)21(28)26(22(29)24-23)14-17-15-27(19-10-6-3-7-11-19)25-20(17)16-8-4-2-5-9-16/h2-11,15,18H,12-14H2,1H3,(H,24,29)/t23-/m1/s1. The van der Waals surface area contributed by atoms with E-state index >= 15 is 0 Å². The van der Waals surface area contributed by atoms with Crippen molar-refractivity contribution < 1.29 is 9.59 Å². The van der Waals surface area contributed by atoms with Gasteiger partial charge >= 0.3 is 6.03 Å². The monoisotopic (exact) mass is 386 g/mol. The fourth-order valence-corrected chi connectivity index (χ4v) is 4.04. The Morgan fingerprint density at radius 1 is 1.03 bits per heavy atom. The van der Waals surface area contributed by atoms with Crippen molar-refractivity contribution in [1.29, 1.82) is 0 Å². The van der Waals surface area contributed by atoms with E-state index in [-0.39, 0.29) is 24.4 Å². The molecule has 6 heteroatoms. The SMILES string of the molecule is C[C@]1(C2CC2)NC(=O)N(Cc2cn(-c3ccccc3)nc2-c2ccccc2)C1=O. The molecule has 2 fully saturated rings. The number of amides is 3. The molecular formula is C23H22N4O2. The van der Waals surface area contributed by atoms with Gasteiger partial charge in [-0.1, -0.05) is 48.5 Å². The third-order valence-corrected chi connectivity index (χ3v) is 5.88. The molecule has 1 saturated heterocycles. The number of benzene rings is 2. The summed E-state index contributed by atoms with van der Waals surface area (Å²) >= 11 is 0. The first-order chi connectivity index (χ1) is 14.1. The van der Waals surface area contributed by atoms with Crippen molar-refractivity contribution >= 4 is 11.9 Å². The van der Waals surface area contributed by atoms with E-state index in [1.54, 1.807) is 4.68 Å². The second-order valence-corrected chi connectivity index (χ2v) is 7.95. The molecule has 5 rings (SSSR count). The fraction of sp³-hybridized carbons (Fsp3) is 0.261. The van der Waals surface area contributed by atoms with E-state index in [1.165, 1.54) is 4.90 Å². The predicted octanol–water partition coefficient (Wildman–Crippen LogP) is 3.76. The zero-order chi connectivity index (χ0) is 20.0. The molecule has 29 heavy (non-hydrogen) atoms. The van der Waals surface area contributed by atoms with Gasteiger partial charge in [0.05, 0.1) is 17.9 Å². The van der Waals surface area contributed by atoms with Crippen LogP contribution in [0, 0.1) is 5.92 Å². The normalized spacial score (nSPS) is 21.5. The number of carbonyl (C=O) groups excluding carboxylic acids is 2. The van der Waals surface area contributed by atoms with Crippen LogP contribution < -0.4 is 5.32 Å². The van der Waals surface area contributed by atoms with Crippen molar-refractivity contribution in [3.8, 4) is 16.9 Å². The molecule has 1 aliphatic heterocycles. The first kappa shape index (κ1) is 17.7. The van der Waals surface area contributed by atoms with Crippen LogP contribution in [-0.4, -0.2) is 32.2 Å². The highest BCUT2D eigenvalue weighted by atomic mass is 16.2. The summed E-state index contributed by atoms with van der Waals surface area (Å²) in [6.07, 6.45) is 3.88. The minimum Gasteiger partial charge on any atom is -0.323 e. The fourth-order valence-electron chi connectivity index (χ4n) is 4.04. The van der Waals surface area contributed by atoms with E-state index in [0.29, 0.717) is 0 Å². The van der Waals surface area contributed by atoms with Crippen LogP contribution in [0.2, 0.25) is 0 Å². The molecule has 2 heterocycles. The van der Waals surface area contributed by atoms with Crippen LogP contribution >= 0.6 is 0 Å². The molecule has 146 valence electrons. The van der Waals surface area contributed by atoms with Crippen LogP contribution in [0.3, 0.4) is 0 Å². The molecule has 1 aromatic heterocycles. The second kappa shape index (κ2) is 6.58. The van der Waals surface area contributed by atoms with Crippen LogP contribution in [0.4, 0.5) is 4.79 Å². The summed E-state index contributed by atoms with van der Waals surface area (Å²) < 4.78 is 1.80. The zero-order valence-corrected chi connectivity index (χ0v) is 16.2. The van der Waals surface area contributed by atoms with Crippen molar-refractivity contribution in [2.24, 2.45) is 5.92 Å². The van der Waals surface area contributed by atoms with Crippen LogP contribution in [0.1, 0.15) is 25.3 Å². The number of carbonyl (C=O) groups is 2. The number of hydrogen-bond acceptors (Lipinski definition) is 3. The minimum atomic E-state index is -0.778. The lowest BCUT2D eigenvalue weighted by Gasteiger charge is -2.20. The summed E-state index contributed by atoms with van der Waals surface area (Å²) in [6, 6.07) is 19.3. The number of urea groups is 1. The number of para-hydroxylation sites is 1. The summed E-state index contributed by atoms with van der Waals surface area (Å²) in [5.74, 6) is 0.0982. The number of rotatable bonds is 5. The Balaban J connectivity index is 1.53. The van der Waals surface area contributed by atoms with Gasteiger partial charge in [-0.25, -0.2) is 9.48 Å². The summed E-state index contributed by atoms with van der Waals surface area (Å²) in [5.41, 5.74) is 2.71. The number of nitrogens with zero attached hydrogens (tertiary/aromatic N) is 3. The third kappa shape index (κ3) is 3.01. The van der Waals surface area contributed by atoms with E-state index in [1.807, 2.05) is 73.8 Å². The number of imide groups is 1. The van der Waals surface area contributed by atoms with Gasteiger partial charge in [0.2, 0.25) is 0 Å². The molecule has 3 amide bonds. The average molecular weight is 386 g/mol. The molecule has 1 atom stereocenters. The lowest BCUT2D eigenvalue weighted by Crippen LogP contribution is -2.46. The minimum absolute atomic E-state index is 0.142. The van der Waals surface area contributed by atoms with Crippen molar-refractivity contribution in [2.45, 2.75) is 31.8 Å². The second-order valence-electron chi connectivity index (χ2n) is 7.95. The summed E-state index contributed by atoms with van der Waals surface area (Å²) in [7, 11) is 0. The number of nitrogens with one attached hydrogen (secondary N) is 1. The number of hydrogen-bond donors (Lipinski definition) is 1. The Labute approximate surface area is 169 Å². The lowest BCUT2D eigenvalue weighted by atomic mass is 9.96. The largest absolute Gasteiger partial charge is 0.325 e. The quantitative estimate of drug-likeness (QED) is 0.679. The van der Waals surface area contributed by atoms with Gasteiger partial charge in [0, 0.05) is 17.3 Å². The smallest absolute Gasteiger partial charge is 0.323 e. The molecule has 2 aliphatic rings. The maximum atomic E-state index is 13.1. The highest BCUT2D eigenvalue weighted by Crippen LogP contribution is 2.43. The zero-order valence-electron chi connectivity index (χ0n) is 16.2. The molecule has 0 spiro atoms. The van der Waals surface area contributed by atoms with Gasteiger partial charge in [0.25, 0.3) is 5.91 Å². The Kier molecular flexibility index (Phi) is 4.01. The average Bonchev–Trinajstić information content (AvgIpc) is 3.49. The molecular weight excluding hydrogens is 364 g/mol. The lowest BCUT2D eigenvalue weighted by molar-refractivity contribution is -0.131. The Hall–Kier alpha value is -3.41. The van der Waals surface area contributed by atoms with Gasteiger partial charge in [-0.15, -0.1) is 0 Å².